The number of carbonyl (C=O) groups excluding carboxylic acids is 1. The van der Waals surface area contributed by atoms with Crippen LogP contribution in [0.2, 0.25) is 0 Å². The van der Waals surface area contributed by atoms with Gasteiger partial charge in [-0.3, -0.25) is 4.79 Å². The largest absolute Gasteiger partial charge is 0.444 e. The Morgan fingerprint density at radius 3 is 3.07 bits per heavy atom. The molecule has 0 aromatic carbocycles. The Morgan fingerprint density at radius 1 is 1.64 bits per heavy atom. The molecule has 0 aliphatic carbocycles. The van der Waals surface area contributed by atoms with Crippen molar-refractivity contribution < 1.29 is 9.21 Å². The van der Waals surface area contributed by atoms with E-state index in [0.717, 1.165) is 17.9 Å². The van der Waals surface area contributed by atoms with Crippen molar-refractivity contribution in [2.24, 2.45) is 0 Å². The van der Waals surface area contributed by atoms with Gasteiger partial charge in [-0.25, -0.2) is 0 Å². The van der Waals surface area contributed by atoms with Gasteiger partial charge in [0, 0.05) is 11.8 Å². The van der Waals surface area contributed by atoms with Crippen molar-refractivity contribution in [3.05, 3.63) is 22.6 Å². The molecule has 1 aliphatic heterocycles. The van der Waals surface area contributed by atoms with Crippen molar-refractivity contribution in [1.82, 2.24) is 5.32 Å². The lowest BCUT2D eigenvalue weighted by atomic mass is 10.2. The van der Waals surface area contributed by atoms with E-state index in [2.05, 4.69) is 21.2 Å². The summed E-state index contributed by atoms with van der Waals surface area (Å²) in [7, 11) is 0. The maximum atomic E-state index is 11.6. The number of hydrogen-bond donors (Lipinski definition) is 1. The molecular formula is C9H10BrNO2S. The van der Waals surface area contributed by atoms with Crippen molar-refractivity contribution in [3.8, 4) is 0 Å². The van der Waals surface area contributed by atoms with E-state index in [0.29, 0.717) is 16.5 Å². The van der Waals surface area contributed by atoms with Gasteiger partial charge in [0.05, 0.1) is 0 Å². The predicted molar refractivity (Wildman–Crippen MR) is 59.6 cm³/mol. The second-order valence-corrected chi connectivity index (χ2v) is 5.07. The molecule has 3 nitrogen and oxygen atoms in total. The summed E-state index contributed by atoms with van der Waals surface area (Å²) >= 11 is 5.03. The van der Waals surface area contributed by atoms with Crippen molar-refractivity contribution >= 4 is 33.6 Å². The smallest absolute Gasteiger partial charge is 0.287 e. The molecule has 1 fully saturated rings. The molecule has 1 saturated heterocycles. The van der Waals surface area contributed by atoms with E-state index in [9.17, 15) is 4.79 Å². The molecule has 1 aliphatic rings. The molecule has 1 amide bonds. The average molecular weight is 276 g/mol. The number of furan rings is 1. The quantitative estimate of drug-likeness (QED) is 0.901. The van der Waals surface area contributed by atoms with Gasteiger partial charge in [-0.1, -0.05) is 0 Å². The van der Waals surface area contributed by atoms with Crippen LogP contribution in [0.3, 0.4) is 0 Å². The van der Waals surface area contributed by atoms with Gasteiger partial charge >= 0.3 is 0 Å². The number of nitrogens with one attached hydrogen (secondary N) is 1. The molecule has 2 heterocycles. The monoisotopic (exact) mass is 275 g/mol. The molecule has 76 valence electrons. The van der Waals surface area contributed by atoms with E-state index in [1.807, 2.05) is 11.8 Å². The third kappa shape index (κ3) is 2.33. The summed E-state index contributed by atoms with van der Waals surface area (Å²) in [5.41, 5.74) is 0. The van der Waals surface area contributed by atoms with Crippen LogP contribution in [0.4, 0.5) is 0 Å². The van der Waals surface area contributed by atoms with Crippen LogP contribution in [0, 0.1) is 0 Å². The Balaban J connectivity index is 1.95. The van der Waals surface area contributed by atoms with Gasteiger partial charge in [0.15, 0.2) is 10.4 Å². The molecule has 0 radical (unpaired) electrons. The zero-order chi connectivity index (χ0) is 9.97. The van der Waals surface area contributed by atoms with Gasteiger partial charge < -0.3 is 9.73 Å². The first kappa shape index (κ1) is 10.1. The van der Waals surface area contributed by atoms with Gasteiger partial charge in [0.2, 0.25) is 0 Å². The minimum Gasteiger partial charge on any atom is -0.444 e. The number of hydrogen-bond acceptors (Lipinski definition) is 3. The van der Waals surface area contributed by atoms with E-state index in [4.69, 9.17) is 4.42 Å². The third-order valence-electron chi connectivity index (χ3n) is 2.06. The highest BCUT2D eigenvalue weighted by molar-refractivity contribution is 9.10. The normalized spacial score (nSPS) is 21.1. The van der Waals surface area contributed by atoms with Crippen LogP contribution in [0.1, 0.15) is 17.0 Å². The van der Waals surface area contributed by atoms with Gasteiger partial charge in [0.25, 0.3) is 5.91 Å². The molecule has 1 atom stereocenters. The predicted octanol–water partition coefficient (Wildman–Crippen LogP) is 2.28. The highest BCUT2D eigenvalue weighted by Crippen LogP contribution is 2.18. The van der Waals surface area contributed by atoms with Gasteiger partial charge in [-0.05, 0) is 40.2 Å². The molecule has 1 aromatic heterocycles. The molecule has 0 saturated carbocycles. The molecule has 1 aromatic rings. The summed E-state index contributed by atoms with van der Waals surface area (Å²) in [4.78, 5) is 11.6. The molecule has 1 N–H and O–H groups in total. The average Bonchev–Trinajstić information content (AvgIpc) is 2.75. The van der Waals surface area contributed by atoms with Crippen molar-refractivity contribution in [1.29, 1.82) is 0 Å². The number of thioether (sulfide) groups is 1. The SMILES string of the molecule is O=C(NC1CCSC1)c1ccc(Br)o1. The highest BCUT2D eigenvalue weighted by Gasteiger charge is 2.19. The van der Waals surface area contributed by atoms with Gasteiger partial charge in [-0.2, -0.15) is 11.8 Å². The lowest BCUT2D eigenvalue weighted by Crippen LogP contribution is -2.34. The fourth-order valence-corrected chi connectivity index (χ4v) is 2.80. The zero-order valence-electron chi connectivity index (χ0n) is 7.46. The fourth-order valence-electron chi connectivity index (χ4n) is 1.34. The minimum absolute atomic E-state index is 0.122. The third-order valence-corrected chi connectivity index (χ3v) is 3.65. The van der Waals surface area contributed by atoms with E-state index in [1.54, 1.807) is 12.1 Å². The Labute approximate surface area is 94.7 Å². The van der Waals surface area contributed by atoms with Crippen LogP contribution in [0.15, 0.2) is 21.2 Å². The molecule has 2 rings (SSSR count). The van der Waals surface area contributed by atoms with Crippen LogP contribution >= 0.6 is 27.7 Å². The molecular weight excluding hydrogens is 266 g/mol. The van der Waals surface area contributed by atoms with Crippen molar-refractivity contribution in [3.63, 3.8) is 0 Å². The molecule has 0 spiro atoms. The lowest BCUT2D eigenvalue weighted by Gasteiger charge is -2.08. The lowest BCUT2D eigenvalue weighted by molar-refractivity contribution is 0.0912. The van der Waals surface area contributed by atoms with E-state index in [1.165, 1.54) is 0 Å². The molecule has 1 unspecified atom stereocenters. The summed E-state index contributed by atoms with van der Waals surface area (Å²) in [6.45, 7) is 0. The summed E-state index contributed by atoms with van der Waals surface area (Å²) in [6, 6.07) is 3.69. The molecule has 14 heavy (non-hydrogen) atoms. The summed E-state index contributed by atoms with van der Waals surface area (Å²) in [5, 5.41) is 2.93. The van der Waals surface area contributed by atoms with E-state index in [-0.39, 0.29) is 5.91 Å². The first-order valence-electron chi connectivity index (χ1n) is 4.39. The van der Waals surface area contributed by atoms with Crippen molar-refractivity contribution in [2.75, 3.05) is 11.5 Å². The topological polar surface area (TPSA) is 42.2 Å². The fraction of sp³-hybridized carbons (Fsp3) is 0.444. The maximum absolute atomic E-state index is 11.6. The van der Waals surface area contributed by atoms with E-state index >= 15 is 0 Å². The Kier molecular flexibility index (Phi) is 3.18. The Bertz CT molecular complexity index is 333. The zero-order valence-corrected chi connectivity index (χ0v) is 9.86. The van der Waals surface area contributed by atoms with Crippen LogP contribution in [0.25, 0.3) is 0 Å². The number of carbonyl (C=O) groups is 1. The molecule has 0 bridgehead atoms. The van der Waals surface area contributed by atoms with E-state index < -0.39 is 0 Å². The number of amides is 1. The summed E-state index contributed by atoms with van der Waals surface area (Å²) in [5.74, 6) is 2.39. The standard InChI is InChI=1S/C9H10BrNO2S/c10-8-2-1-7(13-8)9(12)11-6-3-4-14-5-6/h1-2,6H,3-5H2,(H,11,12). The van der Waals surface area contributed by atoms with Crippen LogP contribution in [-0.2, 0) is 0 Å². The number of rotatable bonds is 2. The van der Waals surface area contributed by atoms with Crippen molar-refractivity contribution in [2.45, 2.75) is 12.5 Å². The second-order valence-electron chi connectivity index (χ2n) is 3.14. The van der Waals surface area contributed by atoms with Crippen LogP contribution < -0.4 is 5.32 Å². The van der Waals surface area contributed by atoms with Crippen LogP contribution in [-0.4, -0.2) is 23.5 Å². The Hall–Kier alpha value is -0.420. The first-order valence-corrected chi connectivity index (χ1v) is 6.34. The highest BCUT2D eigenvalue weighted by atomic mass is 79.9. The van der Waals surface area contributed by atoms with Gasteiger partial charge in [0.1, 0.15) is 0 Å². The second kappa shape index (κ2) is 4.40. The Morgan fingerprint density at radius 2 is 2.50 bits per heavy atom. The summed E-state index contributed by atoms with van der Waals surface area (Å²) < 4.78 is 5.74. The number of halogens is 1. The van der Waals surface area contributed by atoms with Gasteiger partial charge in [-0.15, -0.1) is 0 Å². The maximum Gasteiger partial charge on any atom is 0.287 e. The summed E-state index contributed by atoms with van der Waals surface area (Å²) in [6.07, 6.45) is 1.05. The molecule has 5 heteroatoms. The minimum atomic E-state index is -0.122. The first-order chi connectivity index (χ1) is 6.75. The van der Waals surface area contributed by atoms with Crippen LogP contribution in [0.5, 0.6) is 0 Å².